The third-order valence-corrected chi connectivity index (χ3v) is 9.75. The van der Waals surface area contributed by atoms with Gasteiger partial charge in [-0.25, -0.2) is 26.5 Å². The molecule has 0 bridgehead atoms. The number of pyridine rings is 1. The Balaban J connectivity index is 1.28. The highest BCUT2D eigenvalue weighted by atomic mass is 32.2. The monoisotopic (exact) mass is 553 g/mol. The van der Waals surface area contributed by atoms with E-state index in [2.05, 4.69) is 15.3 Å². The van der Waals surface area contributed by atoms with Gasteiger partial charge in [-0.15, -0.1) is 11.8 Å². The number of halogens is 2. The standard InChI is InChI=1S/C23H25F2N5O3S3/c24-17-3-1-4-18(25)19(17)20(31)21-22(26)29-23(35-21)28-15-7-11-30(12-8-15)36(32,33)14-2-13-34-16-5-9-27-10-6-16/h1,3-6,9-10,15H,2,7-8,11-14,26H2,(H,28,29). The summed E-state index contributed by atoms with van der Waals surface area (Å²) in [7, 11) is -3.36. The molecule has 3 N–H and O–H groups in total. The highest BCUT2D eigenvalue weighted by Crippen LogP contribution is 2.30. The number of thioether (sulfide) groups is 1. The van der Waals surface area contributed by atoms with Crippen molar-refractivity contribution in [1.29, 1.82) is 0 Å². The van der Waals surface area contributed by atoms with Gasteiger partial charge in [0.2, 0.25) is 15.8 Å². The number of piperidine rings is 1. The van der Waals surface area contributed by atoms with Crippen molar-refractivity contribution in [3.63, 3.8) is 0 Å². The molecule has 1 fully saturated rings. The molecule has 192 valence electrons. The number of sulfonamides is 1. The fraction of sp³-hybridized carbons (Fsp3) is 0.348. The van der Waals surface area contributed by atoms with Gasteiger partial charge in [0.25, 0.3) is 0 Å². The lowest BCUT2D eigenvalue weighted by Gasteiger charge is -2.31. The van der Waals surface area contributed by atoms with Crippen molar-refractivity contribution in [2.24, 2.45) is 0 Å². The van der Waals surface area contributed by atoms with Crippen LogP contribution < -0.4 is 11.1 Å². The maximum atomic E-state index is 14.0. The third-order valence-electron chi connectivity index (χ3n) is 5.69. The van der Waals surface area contributed by atoms with Gasteiger partial charge in [0, 0.05) is 36.4 Å². The van der Waals surface area contributed by atoms with Crippen molar-refractivity contribution < 1.29 is 22.0 Å². The normalized spacial score (nSPS) is 15.2. The fourth-order valence-corrected chi connectivity index (χ4v) is 7.30. The van der Waals surface area contributed by atoms with Crippen molar-refractivity contribution in [3.05, 3.63) is 64.8 Å². The van der Waals surface area contributed by atoms with E-state index in [9.17, 15) is 22.0 Å². The zero-order valence-electron chi connectivity index (χ0n) is 19.2. The molecule has 0 spiro atoms. The van der Waals surface area contributed by atoms with Crippen LogP contribution in [0.5, 0.6) is 0 Å². The summed E-state index contributed by atoms with van der Waals surface area (Å²) in [5, 5.41) is 3.53. The Morgan fingerprint density at radius 3 is 2.50 bits per heavy atom. The first kappa shape index (κ1) is 26.5. The number of nitrogens with one attached hydrogen (secondary N) is 1. The molecule has 0 radical (unpaired) electrons. The van der Waals surface area contributed by atoms with E-state index in [0.29, 0.717) is 43.2 Å². The van der Waals surface area contributed by atoms with Gasteiger partial charge in [-0.05, 0) is 49.3 Å². The molecule has 0 atom stereocenters. The maximum absolute atomic E-state index is 14.0. The third kappa shape index (κ3) is 6.38. The number of ketones is 1. The fourth-order valence-electron chi connectivity index (χ4n) is 3.83. The molecule has 4 rings (SSSR count). The van der Waals surface area contributed by atoms with Crippen molar-refractivity contribution in [1.82, 2.24) is 14.3 Å². The molecule has 0 saturated carbocycles. The number of nitrogen functional groups attached to an aromatic ring is 1. The van der Waals surface area contributed by atoms with Crippen LogP contribution in [0.4, 0.5) is 19.7 Å². The van der Waals surface area contributed by atoms with E-state index in [-0.39, 0.29) is 22.5 Å². The van der Waals surface area contributed by atoms with Crippen LogP contribution in [0, 0.1) is 11.6 Å². The van der Waals surface area contributed by atoms with Crippen LogP contribution in [0.3, 0.4) is 0 Å². The summed E-state index contributed by atoms with van der Waals surface area (Å²) in [6, 6.07) is 6.91. The van der Waals surface area contributed by atoms with Gasteiger partial charge in [-0.1, -0.05) is 17.4 Å². The van der Waals surface area contributed by atoms with Gasteiger partial charge in [-0.3, -0.25) is 9.78 Å². The van der Waals surface area contributed by atoms with Crippen molar-refractivity contribution in [2.45, 2.75) is 30.2 Å². The molecule has 0 aliphatic carbocycles. The second-order valence-corrected chi connectivity index (χ2v) is 12.4. The Morgan fingerprint density at radius 2 is 1.83 bits per heavy atom. The van der Waals surface area contributed by atoms with E-state index < -0.39 is 33.0 Å². The number of aromatic nitrogens is 2. The molecule has 1 aromatic carbocycles. The molecule has 13 heteroatoms. The van der Waals surface area contributed by atoms with Crippen LogP contribution in [0.2, 0.25) is 0 Å². The van der Waals surface area contributed by atoms with Crippen LogP contribution in [0.15, 0.2) is 47.6 Å². The number of hydrogen-bond acceptors (Lipinski definition) is 9. The van der Waals surface area contributed by atoms with E-state index in [1.165, 1.54) is 10.4 Å². The summed E-state index contributed by atoms with van der Waals surface area (Å²) >= 11 is 2.52. The molecule has 8 nitrogen and oxygen atoms in total. The van der Waals surface area contributed by atoms with E-state index >= 15 is 0 Å². The number of carbonyl (C=O) groups is 1. The Kier molecular flexibility index (Phi) is 8.54. The van der Waals surface area contributed by atoms with E-state index in [1.807, 2.05) is 12.1 Å². The number of carbonyl (C=O) groups excluding carboxylic acids is 1. The lowest BCUT2D eigenvalue weighted by molar-refractivity contribution is 0.103. The van der Waals surface area contributed by atoms with Gasteiger partial charge >= 0.3 is 0 Å². The van der Waals surface area contributed by atoms with Crippen molar-refractivity contribution in [2.75, 3.05) is 35.6 Å². The van der Waals surface area contributed by atoms with Crippen molar-refractivity contribution >= 4 is 49.9 Å². The zero-order chi connectivity index (χ0) is 25.7. The highest BCUT2D eigenvalue weighted by Gasteiger charge is 2.29. The number of benzene rings is 1. The Hall–Kier alpha value is -2.61. The number of thiazole rings is 1. The molecule has 1 saturated heterocycles. The largest absolute Gasteiger partial charge is 0.382 e. The average Bonchev–Trinajstić information content (AvgIpc) is 3.22. The van der Waals surface area contributed by atoms with Gasteiger partial charge < -0.3 is 11.1 Å². The summed E-state index contributed by atoms with van der Waals surface area (Å²) in [6.45, 7) is 0.731. The average molecular weight is 554 g/mol. The van der Waals surface area contributed by atoms with Gasteiger partial charge in [0.1, 0.15) is 22.3 Å². The molecule has 3 aromatic rings. The minimum atomic E-state index is -3.36. The first-order valence-electron chi connectivity index (χ1n) is 11.3. The summed E-state index contributed by atoms with van der Waals surface area (Å²) in [5.41, 5.74) is 5.19. The van der Waals surface area contributed by atoms with E-state index in [0.717, 1.165) is 28.4 Å². The lowest BCUT2D eigenvalue weighted by Crippen LogP contribution is -2.43. The SMILES string of the molecule is Nc1nc(NC2CCN(S(=O)(=O)CCCSc3ccncc3)CC2)sc1C(=O)c1c(F)cccc1F. The van der Waals surface area contributed by atoms with Crippen LogP contribution in [-0.4, -0.2) is 59.1 Å². The summed E-state index contributed by atoms with van der Waals surface area (Å²) in [5.74, 6) is -2.12. The minimum Gasteiger partial charge on any atom is -0.382 e. The van der Waals surface area contributed by atoms with Crippen molar-refractivity contribution in [3.8, 4) is 0 Å². The maximum Gasteiger partial charge on any atom is 0.214 e. The van der Waals surface area contributed by atoms with Gasteiger partial charge in [0.05, 0.1) is 11.3 Å². The Labute approximate surface area is 216 Å². The number of nitrogens with zero attached hydrogens (tertiary/aromatic N) is 3. The van der Waals surface area contributed by atoms with Crippen LogP contribution in [0.1, 0.15) is 34.5 Å². The molecule has 1 aliphatic rings. The first-order valence-corrected chi connectivity index (χ1v) is 14.7. The predicted octanol–water partition coefficient (Wildman–Crippen LogP) is 4.02. The molecular formula is C23H25F2N5O3S3. The molecule has 3 heterocycles. The summed E-state index contributed by atoms with van der Waals surface area (Å²) < 4.78 is 55.0. The quantitative estimate of drug-likeness (QED) is 0.220. The van der Waals surface area contributed by atoms with E-state index in [1.54, 1.807) is 24.2 Å². The van der Waals surface area contributed by atoms with Crippen LogP contribution in [-0.2, 0) is 10.0 Å². The van der Waals surface area contributed by atoms with Gasteiger partial charge in [-0.2, -0.15) is 0 Å². The lowest BCUT2D eigenvalue weighted by atomic mass is 10.1. The number of nitrogens with two attached hydrogens (primary N) is 1. The molecule has 1 aliphatic heterocycles. The summed E-state index contributed by atoms with van der Waals surface area (Å²) in [4.78, 5) is 21.8. The first-order chi connectivity index (χ1) is 17.2. The molecule has 0 amide bonds. The number of hydrogen-bond donors (Lipinski definition) is 2. The van der Waals surface area contributed by atoms with Crippen LogP contribution >= 0.6 is 23.1 Å². The van der Waals surface area contributed by atoms with Crippen LogP contribution in [0.25, 0.3) is 0 Å². The number of rotatable bonds is 10. The molecule has 2 aromatic heterocycles. The van der Waals surface area contributed by atoms with Gasteiger partial charge in [0.15, 0.2) is 5.13 Å². The molecular weight excluding hydrogens is 528 g/mol. The minimum absolute atomic E-state index is 0.0499. The zero-order valence-corrected chi connectivity index (χ0v) is 21.6. The predicted molar refractivity (Wildman–Crippen MR) is 138 cm³/mol. The molecule has 0 unspecified atom stereocenters. The second kappa shape index (κ2) is 11.6. The second-order valence-electron chi connectivity index (χ2n) is 8.18. The Morgan fingerprint density at radius 1 is 1.17 bits per heavy atom. The summed E-state index contributed by atoms with van der Waals surface area (Å²) in [6.07, 6.45) is 5.06. The van der Waals surface area contributed by atoms with E-state index in [4.69, 9.17) is 5.73 Å². The topological polar surface area (TPSA) is 118 Å². The number of anilines is 2. The molecule has 36 heavy (non-hydrogen) atoms. The highest BCUT2D eigenvalue weighted by molar-refractivity contribution is 7.99. The Bertz CT molecular complexity index is 1290. The smallest absolute Gasteiger partial charge is 0.214 e.